The molecule has 0 saturated carbocycles. The van der Waals surface area contributed by atoms with Crippen molar-refractivity contribution in [3.63, 3.8) is 0 Å². The summed E-state index contributed by atoms with van der Waals surface area (Å²) in [6.45, 7) is 1.62. The van der Waals surface area contributed by atoms with Crippen LogP contribution in [0.4, 0.5) is 5.82 Å². The van der Waals surface area contributed by atoms with Gasteiger partial charge in [0.1, 0.15) is 11.6 Å². The van der Waals surface area contributed by atoms with Gasteiger partial charge in [0.2, 0.25) is 5.96 Å². The number of ether oxygens (including phenoxy) is 1. The summed E-state index contributed by atoms with van der Waals surface area (Å²) in [7, 11) is 1.60. The molecule has 0 bridgehead atoms. The van der Waals surface area contributed by atoms with Crippen molar-refractivity contribution in [2.75, 3.05) is 12.4 Å². The number of pyridine rings is 1. The van der Waals surface area contributed by atoms with Gasteiger partial charge >= 0.3 is 5.97 Å². The molecular formula is C16H17BrN4O3. The van der Waals surface area contributed by atoms with E-state index in [4.69, 9.17) is 9.57 Å². The minimum Gasteiger partial charge on any atom is -0.496 e. The standard InChI is InChI=1S/C16H17BrN4O3/c1-11(22)24-21-16(20-15-13(17)7-5-9-18-15)19-10-12-6-3-4-8-14(12)23-2/h3-9H,10H2,1-2H3,(H2,18,19,20,21). The third-order valence-corrected chi connectivity index (χ3v) is 3.53. The molecular weight excluding hydrogens is 376 g/mol. The zero-order chi connectivity index (χ0) is 17.4. The van der Waals surface area contributed by atoms with Crippen LogP contribution in [0, 0.1) is 0 Å². The van der Waals surface area contributed by atoms with E-state index < -0.39 is 5.97 Å². The first-order chi connectivity index (χ1) is 11.6. The lowest BCUT2D eigenvalue weighted by Crippen LogP contribution is -2.33. The Morgan fingerprint density at radius 2 is 2.08 bits per heavy atom. The molecule has 2 rings (SSSR count). The number of aliphatic imine (C=N–C) groups is 1. The van der Waals surface area contributed by atoms with Gasteiger partial charge in [-0.2, -0.15) is 5.48 Å². The molecule has 0 aliphatic carbocycles. The molecule has 1 aromatic heterocycles. The Hall–Kier alpha value is -2.61. The summed E-state index contributed by atoms with van der Waals surface area (Å²) >= 11 is 3.39. The number of hydrogen-bond donors (Lipinski definition) is 2. The van der Waals surface area contributed by atoms with Crippen LogP contribution in [0.25, 0.3) is 0 Å². The number of nitrogens with one attached hydrogen (secondary N) is 2. The Balaban J connectivity index is 2.18. The quantitative estimate of drug-likeness (QED) is 0.472. The number of rotatable bonds is 4. The average Bonchev–Trinajstić information content (AvgIpc) is 2.59. The number of guanidine groups is 1. The summed E-state index contributed by atoms with van der Waals surface area (Å²) in [6.07, 6.45) is 1.64. The number of methoxy groups -OCH3 is 1. The summed E-state index contributed by atoms with van der Waals surface area (Å²) in [5, 5.41) is 2.97. The smallest absolute Gasteiger partial charge is 0.329 e. The molecule has 0 fully saturated rings. The second-order valence-corrected chi connectivity index (χ2v) is 5.49. The van der Waals surface area contributed by atoms with Gasteiger partial charge in [-0.15, -0.1) is 0 Å². The number of para-hydroxylation sites is 1. The molecule has 0 amide bonds. The van der Waals surface area contributed by atoms with Gasteiger partial charge in [-0.25, -0.2) is 9.98 Å². The van der Waals surface area contributed by atoms with Crippen LogP contribution in [0.2, 0.25) is 0 Å². The fourth-order valence-corrected chi connectivity index (χ4v) is 2.16. The SMILES string of the molecule is COc1ccccc1CN=C(NOC(C)=O)Nc1ncccc1Br. The predicted octanol–water partition coefficient (Wildman–Crippen LogP) is 2.89. The molecule has 0 unspecified atom stereocenters. The minimum absolute atomic E-state index is 0.246. The molecule has 126 valence electrons. The summed E-state index contributed by atoms with van der Waals surface area (Å²) in [6, 6.07) is 11.2. The first-order valence-corrected chi connectivity index (χ1v) is 7.86. The van der Waals surface area contributed by atoms with Crippen molar-refractivity contribution in [2.24, 2.45) is 4.99 Å². The molecule has 0 radical (unpaired) electrons. The lowest BCUT2D eigenvalue weighted by molar-refractivity contribution is -0.145. The molecule has 0 aliphatic rings. The van der Waals surface area contributed by atoms with E-state index in [9.17, 15) is 4.79 Å². The highest BCUT2D eigenvalue weighted by Crippen LogP contribution is 2.19. The Kier molecular flexibility index (Phi) is 6.56. The van der Waals surface area contributed by atoms with Crippen LogP contribution in [0.5, 0.6) is 5.75 Å². The van der Waals surface area contributed by atoms with E-state index in [0.29, 0.717) is 12.4 Å². The second kappa shape index (κ2) is 8.88. The van der Waals surface area contributed by atoms with E-state index in [1.54, 1.807) is 19.4 Å². The minimum atomic E-state index is -0.484. The number of benzene rings is 1. The Morgan fingerprint density at radius 1 is 1.29 bits per heavy atom. The summed E-state index contributed by atoms with van der Waals surface area (Å²) < 4.78 is 6.05. The number of hydroxylamine groups is 1. The third-order valence-electron chi connectivity index (χ3n) is 2.89. The summed E-state index contributed by atoms with van der Waals surface area (Å²) in [4.78, 5) is 24.4. The van der Waals surface area contributed by atoms with Crippen molar-refractivity contribution in [1.29, 1.82) is 0 Å². The van der Waals surface area contributed by atoms with Gasteiger partial charge in [-0.1, -0.05) is 18.2 Å². The largest absolute Gasteiger partial charge is 0.496 e. The zero-order valence-corrected chi connectivity index (χ0v) is 14.8. The second-order valence-electron chi connectivity index (χ2n) is 4.63. The van der Waals surface area contributed by atoms with E-state index in [1.807, 2.05) is 30.3 Å². The monoisotopic (exact) mass is 392 g/mol. The van der Waals surface area contributed by atoms with E-state index in [0.717, 1.165) is 15.8 Å². The lowest BCUT2D eigenvalue weighted by atomic mass is 10.2. The zero-order valence-electron chi connectivity index (χ0n) is 13.2. The highest BCUT2D eigenvalue weighted by atomic mass is 79.9. The maximum Gasteiger partial charge on any atom is 0.329 e. The van der Waals surface area contributed by atoms with Crippen LogP contribution >= 0.6 is 15.9 Å². The summed E-state index contributed by atoms with van der Waals surface area (Å²) in [5.41, 5.74) is 3.38. The van der Waals surface area contributed by atoms with E-state index in [1.165, 1.54) is 6.92 Å². The van der Waals surface area contributed by atoms with Gasteiger partial charge in [0.15, 0.2) is 0 Å². The van der Waals surface area contributed by atoms with Crippen LogP contribution in [-0.4, -0.2) is 24.0 Å². The normalized spacial score (nSPS) is 10.9. The molecule has 2 N–H and O–H groups in total. The Bertz CT molecular complexity index is 737. The molecule has 0 atom stereocenters. The van der Waals surface area contributed by atoms with Gasteiger partial charge in [-0.3, -0.25) is 4.79 Å². The molecule has 7 nitrogen and oxygen atoms in total. The van der Waals surface area contributed by atoms with Gasteiger partial charge in [-0.05, 0) is 34.1 Å². The molecule has 0 saturated heterocycles. The number of hydrogen-bond acceptors (Lipinski definition) is 5. The van der Waals surface area contributed by atoms with E-state index >= 15 is 0 Å². The number of halogens is 1. The highest BCUT2D eigenvalue weighted by molar-refractivity contribution is 9.10. The molecule has 1 aromatic carbocycles. The van der Waals surface area contributed by atoms with Crippen molar-refractivity contribution >= 4 is 33.7 Å². The number of carbonyl (C=O) groups is 1. The molecule has 2 aromatic rings. The Labute approximate surface area is 148 Å². The third kappa shape index (κ3) is 5.24. The molecule has 0 spiro atoms. The van der Waals surface area contributed by atoms with Gasteiger partial charge in [0.25, 0.3) is 0 Å². The first-order valence-electron chi connectivity index (χ1n) is 7.07. The van der Waals surface area contributed by atoms with Crippen molar-refractivity contribution in [3.05, 3.63) is 52.6 Å². The fraction of sp³-hybridized carbons (Fsp3) is 0.188. The van der Waals surface area contributed by atoms with Crippen molar-refractivity contribution in [3.8, 4) is 5.75 Å². The first kappa shape index (κ1) is 17.7. The molecule has 0 aliphatic heterocycles. The highest BCUT2D eigenvalue weighted by Gasteiger charge is 2.07. The Morgan fingerprint density at radius 3 is 2.79 bits per heavy atom. The molecule has 1 heterocycles. The van der Waals surface area contributed by atoms with Crippen molar-refractivity contribution in [2.45, 2.75) is 13.5 Å². The van der Waals surface area contributed by atoms with Crippen molar-refractivity contribution in [1.82, 2.24) is 10.5 Å². The fourth-order valence-electron chi connectivity index (χ4n) is 1.81. The predicted molar refractivity (Wildman–Crippen MR) is 94.6 cm³/mol. The van der Waals surface area contributed by atoms with Crippen LogP contribution in [0.15, 0.2) is 52.1 Å². The summed E-state index contributed by atoms with van der Waals surface area (Å²) in [5.74, 6) is 1.03. The van der Waals surface area contributed by atoms with Gasteiger partial charge < -0.3 is 14.9 Å². The van der Waals surface area contributed by atoms with Crippen LogP contribution in [0.1, 0.15) is 12.5 Å². The number of anilines is 1. The van der Waals surface area contributed by atoms with E-state index in [2.05, 4.69) is 36.7 Å². The number of nitrogens with zero attached hydrogens (tertiary/aromatic N) is 2. The van der Waals surface area contributed by atoms with Gasteiger partial charge in [0.05, 0.1) is 18.1 Å². The lowest BCUT2D eigenvalue weighted by Gasteiger charge is -2.12. The molecule has 8 heteroatoms. The molecule has 24 heavy (non-hydrogen) atoms. The maximum atomic E-state index is 11.0. The topological polar surface area (TPSA) is 84.8 Å². The van der Waals surface area contributed by atoms with E-state index in [-0.39, 0.29) is 5.96 Å². The maximum absolute atomic E-state index is 11.0. The van der Waals surface area contributed by atoms with Crippen LogP contribution in [-0.2, 0) is 16.2 Å². The van der Waals surface area contributed by atoms with Crippen LogP contribution in [0.3, 0.4) is 0 Å². The van der Waals surface area contributed by atoms with Crippen molar-refractivity contribution < 1.29 is 14.4 Å². The number of carbonyl (C=O) groups excluding carboxylic acids is 1. The average molecular weight is 393 g/mol. The number of aromatic nitrogens is 1. The van der Waals surface area contributed by atoms with Gasteiger partial charge in [0, 0.05) is 18.7 Å². The van der Waals surface area contributed by atoms with Crippen LogP contribution < -0.4 is 15.5 Å².